The molecule has 1 aromatic carbocycles. The Bertz CT molecular complexity index is 891. The number of carbonyl (C=O) groups excluding carboxylic acids is 1. The van der Waals surface area contributed by atoms with Crippen molar-refractivity contribution in [3.05, 3.63) is 34.9 Å². The Kier molecular flexibility index (Phi) is 6.48. The third-order valence-electron chi connectivity index (χ3n) is 3.90. The molecule has 0 spiro atoms. The monoisotopic (exact) mass is 396 g/mol. The van der Waals surface area contributed by atoms with Gasteiger partial charge < -0.3 is 5.32 Å². The number of hydrogen-bond donors (Lipinski definition) is 2. The molecular weight excluding hydrogens is 372 g/mol. The van der Waals surface area contributed by atoms with E-state index < -0.39 is 10.0 Å². The Labute approximate surface area is 158 Å². The van der Waals surface area contributed by atoms with Gasteiger partial charge in [-0.25, -0.2) is 13.1 Å². The maximum Gasteiger partial charge on any atom is 0.270 e. The molecule has 0 unspecified atom stereocenters. The Hall–Kier alpha value is -1.84. The average Bonchev–Trinajstić information content (AvgIpc) is 3.02. The molecule has 1 amide bonds. The smallest absolute Gasteiger partial charge is 0.270 e. The molecule has 0 saturated carbocycles. The number of rotatable bonds is 7. The lowest BCUT2D eigenvalue weighted by Crippen LogP contribution is -2.28. The molecule has 0 saturated heterocycles. The molecule has 0 radical (unpaired) electrons. The molecule has 142 valence electrons. The molecule has 1 aromatic heterocycles. The highest BCUT2D eigenvalue weighted by atomic mass is 32.2. The number of anilines is 1. The summed E-state index contributed by atoms with van der Waals surface area (Å²) in [6, 6.07) is 5.56. The molecule has 2 aromatic rings. The lowest BCUT2D eigenvalue weighted by Gasteiger charge is -2.19. The second-order valence-electron chi connectivity index (χ2n) is 6.46. The number of amides is 1. The highest BCUT2D eigenvalue weighted by Crippen LogP contribution is 2.26. The molecular formula is C17H24N4O3S2. The lowest BCUT2D eigenvalue weighted by atomic mass is 9.98. The number of sulfonamides is 1. The van der Waals surface area contributed by atoms with Gasteiger partial charge in [0, 0.05) is 12.0 Å². The van der Waals surface area contributed by atoms with Gasteiger partial charge in [-0.05, 0) is 31.4 Å². The first-order valence-corrected chi connectivity index (χ1v) is 10.7. The molecule has 0 aliphatic carbocycles. The largest absolute Gasteiger partial charge is 0.300 e. The summed E-state index contributed by atoms with van der Waals surface area (Å²) in [5.74, 6) is -0.467. The zero-order chi connectivity index (χ0) is 19.5. The minimum Gasteiger partial charge on any atom is -0.300 e. The average molecular weight is 397 g/mol. The highest BCUT2D eigenvalue weighted by Gasteiger charge is 2.25. The van der Waals surface area contributed by atoms with Crippen LogP contribution in [0.1, 0.15) is 49.9 Å². The summed E-state index contributed by atoms with van der Waals surface area (Å²) >= 11 is 0.835. The minimum absolute atomic E-state index is 0.167. The zero-order valence-corrected chi connectivity index (χ0v) is 17.2. The second kappa shape index (κ2) is 8.24. The van der Waals surface area contributed by atoms with Gasteiger partial charge in [-0.1, -0.05) is 55.9 Å². The van der Waals surface area contributed by atoms with Crippen molar-refractivity contribution in [2.75, 3.05) is 5.32 Å². The van der Waals surface area contributed by atoms with Gasteiger partial charge in [-0.3, -0.25) is 4.79 Å². The minimum atomic E-state index is -3.84. The van der Waals surface area contributed by atoms with Crippen molar-refractivity contribution in [1.29, 1.82) is 0 Å². The number of aromatic nitrogens is 2. The van der Waals surface area contributed by atoms with E-state index >= 15 is 0 Å². The third kappa shape index (κ3) is 4.87. The van der Waals surface area contributed by atoms with Gasteiger partial charge in [0.25, 0.3) is 10.0 Å². The van der Waals surface area contributed by atoms with Gasteiger partial charge in [0.05, 0.1) is 0 Å². The molecule has 7 nitrogen and oxygen atoms in total. The second-order valence-corrected chi connectivity index (χ2v) is 9.32. The van der Waals surface area contributed by atoms with Gasteiger partial charge in [0.1, 0.15) is 0 Å². The van der Waals surface area contributed by atoms with Crippen LogP contribution in [0.3, 0.4) is 0 Å². The van der Waals surface area contributed by atoms with Gasteiger partial charge in [-0.2, -0.15) is 0 Å². The van der Waals surface area contributed by atoms with E-state index in [0.29, 0.717) is 6.42 Å². The van der Waals surface area contributed by atoms with Gasteiger partial charge in [0.2, 0.25) is 15.4 Å². The summed E-state index contributed by atoms with van der Waals surface area (Å²) < 4.78 is 27.9. The zero-order valence-electron chi connectivity index (χ0n) is 15.5. The first-order chi connectivity index (χ1) is 12.1. The van der Waals surface area contributed by atoms with Gasteiger partial charge in [0.15, 0.2) is 0 Å². The summed E-state index contributed by atoms with van der Waals surface area (Å²) in [5, 5.41) is 10.2. The van der Waals surface area contributed by atoms with Crippen LogP contribution in [0, 0.1) is 19.8 Å². The van der Waals surface area contributed by atoms with Crippen molar-refractivity contribution in [2.45, 2.75) is 51.4 Å². The summed E-state index contributed by atoms with van der Waals surface area (Å²) in [5.41, 5.74) is 3.08. The number of carbonyl (C=O) groups is 1. The van der Waals surface area contributed by atoms with E-state index in [-0.39, 0.29) is 27.3 Å². The molecule has 1 atom stereocenters. The number of nitrogens with zero attached hydrogens (tertiary/aromatic N) is 2. The first kappa shape index (κ1) is 20.5. The van der Waals surface area contributed by atoms with E-state index in [1.54, 1.807) is 13.8 Å². The lowest BCUT2D eigenvalue weighted by molar-refractivity contribution is -0.118. The van der Waals surface area contributed by atoms with Crippen molar-refractivity contribution in [2.24, 2.45) is 5.92 Å². The van der Waals surface area contributed by atoms with Crippen molar-refractivity contribution in [1.82, 2.24) is 14.9 Å². The third-order valence-corrected chi connectivity index (χ3v) is 6.58. The highest BCUT2D eigenvalue weighted by molar-refractivity contribution is 7.91. The van der Waals surface area contributed by atoms with Gasteiger partial charge in [-0.15, -0.1) is 10.2 Å². The molecule has 2 rings (SSSR count). The Balaban J connectivity index is 2.21. The molecule has 26 heavy (non-hydrogen) atoms. The van der Waals surface area contributed by atoms with Gasteiger partial charge >= 0.3 is 0 Å². The van der Waals surface area contributed by atoms with E-state index in [2.05, 4.69) is 20.2 Å². The topological polar surface area (TPSA) is 101 Å². The molecule has 0 bridgehead atoms. The summed E-state index contributed by atoms with van der Waals surface area (Å²) in [4.78, 5) is 11.7. The first-order valence-electron chi connectivity index (χ1n) is 8.38. The van der Waals surface area contributed by atoms with E-state index in [1.165, 1.54) is 0 Å². The molecule has 1 heterocycles. The van der Waals surface area contributed by atoms with E-state index in [4.69, 9.17) is 0 Å². The van der Waals surface area contributed by atoms with Crippen LogP contribution in [0.5, 0.6) is 0 Å². The quantitative estimate of drug-likeness (QED) is 0.700. The van der Waals surface area contributed by atoms with Crippen LogP contribution < -0.4 is 10.0 Å². The summed E-state index contributed by atoms with van der Waals surface area (Å²) in [6.45, 7) is 9.36. The van der Waals surface area contributed by atoms with Crippen LogP contribution in [0.2, 0.25) is 0 Å². The van der Waals surface area contributed by atoms with E-state index in [0.717, 1.165) is 28.0 Å². The fourth-order valence-electron chi connectivity index (χ4n) is 2.44. The number of nitrogens with one attached hydrogen (secondary N) is 2. The summed E-state index contributed by atoms with van der Waals surface area (Å²) in [7, 11) is -3.84. The molecule has 0 fully saturated rings. The van der Waals surface area contributed by atoms with Crippen LogP contribution in [0.15, 0.2) is 22.5 Å². The number of benzene rings is 1. The van der Waals surface area contributed by atoms with Crippen LogP contribution in [-0.4, -0.2) is 24.5 Å². The van der Waals surface area contributed by atoms with Crippen molar-refractivity contribution in [3.8, 4) is 0 Å². The van der Waals surface area contributed by atoms with Crippen LogP contribution in [0.4, 0.5) is 5.13 Å². The molecule has 0 aliphatic rings. The predicted octanol–water partition coefficient (Wildman–Crippen LogP) is 3.18. The normalized spacial score (nSPS) is 13.0. The van der Waals surface area contributed by atoms with Crippen LogP contribution in [-0.2, 0) is 14.8 Å². The van der Waals surface area contributed by atoms with Crippen molar-refractivity contribution < 1.29 is 13.2 Å². The maximum atomic E-state index is 12.7. The van der Waals surface area contributed by atoms with Crippen molar-refractivity contribution in [3.63, 3.8) is 0 Å². The Morgan fingerprint density at radius 2 is 1.92 bits per heavy atom. The maximum absolute atomic E-state index is 12.7. The van der Waals surface area contributed by atoms with Crippen LogP contribution >= 0.6 is 11.3 Å². The molecule has 2 N–H and O–H groups in total. The van der Waals surface area contributed by atoms with Crippen molar-refractivity contribution >= 4 is 32.4 Å². The number of hydrogen-bond acceptors (Lipinski definition) is 6. The van der Waals surface area contributed by atoms with E-state index in [9.17, 15) is 13.2 Å². The number of aryl methyl sites for hydroxylation is 2. The van der Waals surface area contributed by atoms with Crippen LogP contribution in [0.25, 0.3) is 0 Å². The predicted molar refractivity (Wildman–Crippen MR) is 103 cm³/mol. The standard InChI is InChI=1S/C17H24N4O3S2/c1-6-14(13-8-7-11(4)9-12(13)5)21-26(23,24)17-20-19-16(25-17)18-15(22)10(2)3/h7-10,14,21H,6H2,1-5H3,(H,18,19,22)/t14-/m0/s1. The Morgan fingerprint density at radius 3 is 2.50 bits per heavy atom. The fraction of sp³-hybridized carbons (Fsp3) is 0.471. The molecule has 9 heteroatoms. The van der Waals surface area contributed by atoms with E-state index in [1.807, 2.05) is 39.0 Å². The summed E-state index contributed by atoms with van der Waals surface area (Å²) in [6.07, 6.45) is 0.596. The SMILES string of the molecule is CC[C@H](NS(=O)(=O)c1nnc(NC(=O)C(C)C)s1)c1ccc(C)cc1C. The Morgan fingerprint density at radius 1 is 1.23 bits per heavy atom. The fourth-order valence-corrected chi connectivity index (χ4v) is 4.66. The molecule has 0 aliphatic heterocycles.